The average Bonchev–Trinajstić information content (AvgIpc) is 2.86. The van der Waals surface area contributed by atoms with Crippen LogP contribution in [0.2, 0.25) is 0 Å². The Balaban J connectivity index is 2.08. The van der Waals surface area contributed by atoms with Gasteiger partial charge in [-0.1, -0.05) is 17.8 Å². The first kappa shape index (κ1) is 13.7. The third-order valence-corrected chi connectivity index (χ3v) is 3.94. The summed E-state index contributed by atoms with van der Waals surface area (Å²) in [5.41, 5.74) is 0.807. The van der Waals surface area contributed by atoms with Crippen LogP contribution in [0.4, 0.5) is 0 Å². The van der Waals surface area contributed by atoms with Crippen LogP contribution in [-0.4, -0.2) is 52.1 Å². The predicted molar refractivity (Wildman–Crippen MR) is 70.3 cm³/mol. The van der Waals surface area contributed by atoms with Gasteiger partial charge in [0.2, 0.25) is 0 Å². The summed E-state index contributed by atoms with van der Waals surface area (Å²) in [6.07, 6.45) is 1.68. The van der Waals surface area contributed by atoms with Crippen molar-refractivity contribution in [1.29, 1.82) is 0 Å². The van der Waals surface area contributed by atoms with Crippen LogP contribution in [0.25, 0.3) is 0 Å². The van der Waals surface area contributed by atoms with Gasteiger partial charge in [0.15, 0.2) is 0 Å². The zero-order chi connectivity index (χ0) is 13.0. The molecule has 0 bridgehead atoms. The van der Waals surface area contributed by atoms with E-state index < -0.39 is 0 Å². The fourth-order valence-electron chi connectivity index (χ4n) is 1.91. The molecular formula is C11H16ClN3O2S. The monoisotopic (exact) mass is 289 g/mol. The molecule has 1 atom stereocenters. The fraction of sp³-hybridized carbons (Fsp3) is 0.727. The number of carbonyl (C=O) groups excluding carboxylic acids is 1. The Labute approximate surface area is 115 Å². The highest BCUT2D eigenvalue weighted by Crippen LogP contribution is 2.17. The van der Waals surface area contributed by atoms with Crippen LogP contribution in [0, 0.1) is 0 Å². The van der Waals surface area contributed by atoms with Gasteiger partial charge in [-0.05, 0) is 18.0 Å². The molecule has 1 amide bonds. The summed E-state index contributed by atoms with van der Waals surface area (Å²) in [4.78, 5) is 14.8. The second-order valence-corrected chi connectivity index (χ2v) is 5.26. The van der Waals surface area contributed by atoms with Crippen LogP contribution in [0.1, 0.15) is 28.7 Å². The first-order valence-electron chi connectivity index (χ1n) is 6.04. The van der Waals surface area contributed by atoms with Crippen molar-refractivity contribution in [3.63, 3.8) is 0 Å². The first-order valence-corrected chi connectivity index (χ1v) is 7.35. The Morgan fingerprint density at radius 1 is 1.67 bits per heavy atom. The highest BCUT2D eigenvalue weighted by atomic mass is 35.5. The van der Waals surface area contributed by atoms with E-state index in [9.17, 15) is 4.79 Å². The van der Waals surface area contributed by atoms with E-state index in [2.05, 4.69) is 16.5 Å². The number of hydrogen-bond acceptors (Lipinski definition) is 5. The van der Waals surface area contributed by atoms with Crippen molar-refractivity contribution < 1.29 is 9.53 Å². The molecule has 2 heterocycles. The third kappa shape index (κ3) is 2.99. The van der Waals surface area contributed by atoms with E-state index in [4.69, 9.17) is 16.3 Å². The predicted octanol–water partition coefficient (Wildman–Crippen LogP) is 1.57. The maximum Gasteiger partial charge on any atom is 0.267 e. The molecule has 7 heteroatoms. The average molecular weight is 290 g/mol. The number of aryl methyl sites for hydroxylation is 1. The van der Waals surface area contributed by atoms with E-state index in [0.717, 1.165) is 18.5 Å². The minimum Gasteiger partial charge on any atom is -0.373 e. The number of hydrogen-bond donors (Lipinski definition) is 0. The lowest BCUT2D eigenvalue weighted by molar-refractivity contribution is -0.0106. The molecular weight excluding hydrogens is 274 g/mol. The van der Waals surface area contributed by atoms with Gasteiger partial charge in [0.05, 0.1) is 24.3 Å². The molecule has 0 radical (unpaired) electrons. The summed E-state index contributed by atoms with van der Waals surface area (Å²) >= 11 is 6.95. The quantitative estimate of drug-likeness (QED) is 0.790. The van der Waals surface area contributed by atoms with Crippen molar-refractivity contribution in [2.24, 2.45) is 0 Å². The zero-order valence-electron chi connectivity index (χ0n) is 10.3. The van der Waals surface area contributed by atoms with Gasteiger partial charge in [-0.15, -0.1) is 16.7 Å². The van der Waals surface area contributed by atoms with E-state index >= 15 is 0 Å². The van der Waals surface area contributed by atoms with E-state index in [1.807, 2.05) is 0 Å². The molecule has 1 aromatic rings. The van der Waals surface area contributed by atoms with Gasteiger partial charge in [0, 0.05) is 13.1 Å². The minimum absolute atomic E-state index is 0.00636. The van der Waals surface area contributed by atoms with Crippen LogP contribution < -0.4 is 0 Å². The van der Waals surface area contributed by atoms with Crippen molar-refractivity contribution in [2.45, 2.75) is 25.9 Å². The number of ether oxygens (including phenoxy) is 1. The molecule has 0 aromatic carbocycles. The Morgan fingerprint density at radius 3 is 3.22 bits per heavy atom. The maximum atomic E-state index is 12.4. The smallest absolute Gasteiger partial charge is 0.267 e. The number of carbonyl (C=O) groups is 1. The summed E-state index contributed by atoms with van der Waals surface area (Å²) in [5, 5.41) is 4.02. The van der Waals surface area contributed by atoms with Gasteiger partial charge in [0.25, 0.3) is 5.91 Å². The molecule has 0 N–H and O–H groups in total. The van der Waals surface area contributed by atoms with Crippen molar-refractivity contribution in [3.05, 3.63) is 10.6 Å². The van der Waals surface area contributed by atoms with Crippen molar-refractivity contribution in [3.8, 4) is 0 Å². The standard InChI is InChI=1S/C11H16ClN3O2S/c1-2-3-9-10(18-14-13-9)11(16)15-4-5-17-8(6-12)7-15/h8H,2-7H2,1H3. The lowest BCUT2D eigenvalue weighted by atomic mass is 10.2. The van der Waals surface area contributed by atoms with Gasteiger partial charge in [-0.25, -0.2) is 0 Å². The molecule has 2 rings (SSSR count). The summed E-state index contributed by atoms with van der Waals surface area (Å²) in [5.74, 6) is 0.416. The molecule has 1 saturated heterocycles. The number of nitrogens with zero attached hydrogens (tertiary/aromatic N) is 3. The molecule has 5 nitrogen and oxygen atoms in total. The molecule has 18 heavy (non-hydrogen) atoms. The van der Waals surface area contributed by atoms with Gasteiger partial charge in [-0.3, -0.25) is 4.79 Å². The Morgan fingerprint density at radius 2 is 2.50 bits per heavy atom. The zero-order valence-corrected chi connectivity index (χ0v) is 11.8. The maximum absolute atomic E-state index is 12.4. The third-order valence-electron chi connectivity index (χ3n) is 2.83. The van der Waals surface area contributed by atoms with Gasteiger partial charge < -0.3 is 9.64 Å². The Kier molecular flexibility index (Phi) is 4.91. The van der Waals surface area contributed by atoms with Crippen LogP contribution in [0.15, 0.2) is 0 Å². The SMILES string of the molecule is CCCc1nnsc1C(=O)N1CCOC(CCl)C1. The second kappa shape index (κ2) is 6.45. The fourth-order valence-corrected chi connectivity index (χ4v) is 2.78. The van der Waals surface area contributed by atoms with Gasteiger partial charge in [-0.2, -0.15) is 0 Å². The van der Waals surface area contributed by atoms with Crippen molar-refractivity contribution in [1.82, 2.24) is 14.5 Å². The van der Waals surface area contributed by atoms with E-state index in [0.29, 0.717) is 30.5 Å². The van der Waals surface area contributed by atoms with Crippen molar-refractivity contribution in [2.75, 3.05) is 25.6 Å². The molecule has 1 aliphatic heterocycles. The Hall–Kier alpha value is -0.720. The molecule has 1 fully saturated rings. The van der Waals surface area contributed by atoms with Crippen LogP contribution in [0.3, 0.4) is 0 Å². The number of rotatable bonds is 4. The minimum atomic E-state index is -0.0696. The number of aromatic nitrogens is 2. The van der Waals surface area contributed by atoms with E-state index in [1.165, 1.54) is 11.5 Å². The van der Waals surface area contributed by atoms with Gasteiger partial charge >= 0.3 is 0 Å². The number of morpholine rings is 1. The van der Waals surface area contributed by atoms with Crippen molar-refractivity contribution >= 4 is 29.0 Å². The first-order chi connectivity index (χ1) is 8.76. The lowest BCUT2D eigenvalue weighted by Crippen LogP contribution is -2.46. The van der Waals surface area contributed by atoms with E-state index in [-0.39, 0.29) is 12.0 Å². The summed E-state index contributed by atoms with van der Waals surface area (Å²) in [6.45, 7) is 3.76. The molecule has 100 valence electrons. The molecule has 0 saturated carbocycles. The summed E-state index contributed by atoms with van der Waals surface area (Å²) in [6, 6.07) is 0. The highest BCUT2D eigenvalue weighted by Gasteiger charge is 2.27. The molecule has 1 unspecified atom stereocenters. The van der Waals surface area contributed by atoms with Crippen LogP contribution >= 0.6 is 23.1 Å². The van der Waals surface area contributed by atoms with Gasteiger partial charge in [0.1, 0.15) is 4.88 Å². The Bertz CT molecular complexity index is 413. The largest absolute Gasteiger partial charge is 0.373 e. The van der Waals surface area contributed by atoms with Crippen LogP contribution in [0.5, 0.6) is 0 Å². The molecule has 0 aliphatic carbocycles. The molecule has 0 spiro atoms. The number of amides is 1. The number of alkyl halides is 1. The summed E-state index contributed by atoms with van der Waals surface area (Å²) in [7, 11) is 0. The molecule has 1 aliphatic rings. The van der Waals surface area contributed by atoms with E-state index in [1.54, 1.807) is 4.90 Å². The second-order valence-electron chi connectivity index (χ2n) is 4.20. The molecule has 1 aromatic heterocycles. The van der Waals surface area contributed by atoms with Crippen LogP contribution in [-0.2, 0) is 11.2 Å². The lowest BCUT2D eigenvalue weighted by Gasteiger charge is -2.31. The summed E-state index contributed by atoms with van der Waals surface area (Å²) < 4.78 is 9.33. The number of halogens is 1. The highest BCUT2D eigenvalue weighted by molar-refractivity contribution is 7.08. The normalized spacial score (nSPS) is 20.1. The topological polar surface area (TPSA) is 55.3 Å².